The van der Waals surface area contributed by atoms with E-state index in [1.54, 1.807) is 27.7 Å². The molecule has 0 aromatic carbocycles. The molecule has 0 spiro atoms. The Labute approximate surface area is 164 Å². The van der Waals surface area contributed by atoms with Crippen LogP contribution in [0.25, 0.3) is 0 Å². The number of nitrogens with zero attached hydrogens (tertiary/aromatic N) is 1. The summed E-state index contributed by atoms with van der Waals surface area (Å²) in [6.07, 6.45) is 0.383. The Morgan fingerprint density at radius 2 is 1.82 bits per heavy atom. The van der Waals surface area contributed by atoms with Gasteiger partial charge in [-0.2, -0.15) is 0 Å². The van der Waals surface area contributed by atoms with E-state index in [9.17, 15) is 22.8 Å². The smallest absolute Gasteiger partial charge is 0.355 e. The van der Waals surface area contributed by atoms with Gasteiger partial charge in [-0.1, -0.05) is 0 Å². The van der Waals surface area contributed by atoms with Crippen molar-refractivity contribution in [2.75, 3.05) is 31.3 Å². The number of H-pyrrole nitrogens is 1. The maximum atomic E-state index is 12.4. The van der Waals surface area contributed by atoms with Gasteiger partial charge in [-0.25, -0.2) is 18.0 Å². The van der Waals surface area contributed by atoms with Crippen molar-refractivity contribution in [3.63, 3.8) is 0 Å². The summed E-state index contributed by atoms with van der Waals surface area (Å²) in [4.78, 5) is 41.0. The number of ether oxygens (including phenoxy) is 2. The summed E-state index contributed by atoms with van der Waals surface area (Å²) in [7, 11) is -3.13. The van der Waals surface area contributed by atoms with Gasteiger partial charge in [-0.15, -0.1) is 0 Å². The van der Waals surface area contributed by atoms with Crippen molar-refractivity contribution in [3.8, 4) is 0 Å². The number of carbonyl (C=O) groups is 3. The Balaban J connectivity index is 2.04. The highest BCUT2D eigenvalue weighted by molar-refractivity contribution is 7.91. The number of carbonyl (C=O) groups excluding carboxylic acids is 3. The zero-order chi connectivity index (χ0) is 21.1. The first kappa shape index (κ1) is 21.9. The van der Waals surface area contributed by atoms with Crippen LogP contribution in [0.1, 0.15) is 52.4 Å². The molecule has 0 radical (unpaired) electrons. The van der Waals surface area contributed by atoms with E-state index >= 15 is 0 Å². The summed E-state index contributed by atoms with van der Waals surface area (Å²) in [5.74, 6) is -1.77. The molecule has 0 bridgehead atoms. The molecule has 156 valence electrons. The molecule has 1 aliphatic heterocycles. The van der Waals surface area contributed by atoms with Gasteiger partial charge in [0.2, 0.25) is 0 Å². The zero-order valence-corrected chi connectivity index (χ0v) is 17.3. The summed E-state index contributed by atoms with van der Waals surface area (Å²) in [6.45, 7) is 6.69. The van der Waals surface area contributed by atoms with Gasteiger partial charge in [0.25, 0.3) is 5.91 Å². The summed E-state index contributed by atoms with van der Waals surface area (Å²) in [5, 5.41) is 0. The summed E-state index contributed by atoms with van der Waals surface area (Å²) >= 11 is 0. The Morgan fingerprint density at radius 1 is 1.14 bits per heavy atom. The molecule has 0 aliphatic carbocycles. The van der Waals surface area contributed by atoms with E-state index in [1.807, 2.05) is 0 Å². The van der Waals surface area contributed by atoms with Gasteiger partial charge in [-0.3, -0.25) is 4.79 Å². The van der Waals surface area contributed by atoms with E-state index in [-0.39, 0.29) is 29.4 Å². The van der Waals surface area contributed by atoms with Crippen molar-refractivity contribution in [2.24, 2.45) is 0 Å². The molecule has 9 nitrogen and oxygen atoms in total. The van der Waals surface area contributed by atoms with Gasteiger partial charge in [-0.05, 0) is 39.7 Å². The van der Waals surface area contributed by atoms with Crippen LogP contribution in [0.5, 0.6) is 0 Å². The lowest BCUT2D eigenvalue weighted by Gasteiger charge is -2.26. The molecule has 0 saturated carbocycles. The number of aromatic amines is 1. The van der Waals surface area contributed by atoms with E-state index in [4.69, 9.17) is 9.47 Å². The zero-order valence-electron chi connectivity index (χ0n) is 16.5. The summed E-state index contributed by atoms with van der Waals surface area (Å²) < 4.78 is 33.4. The number of amides is 1. The third kappa shape index (κ3) is 4.73. The molecule has 1 aromatic rings. The largest absolute Gasteiger partial charge is 0.462 e. The van der Waals surface area contributed by atoms with E-state index in [1.165, 1.54) is 4.90 Å². The van der Waals surface area contributed by atoms with Crippen molar-refractivity contribution in [1.29, 1.82) is 0 Å². The molecule has 2 heterocycles. The quantitative estimate of drug-likeness (QED) is 0.660. The molecule has 1 aliphatic rings. The minimum Gasteiger partial charge on any atom is -0.462 e. The van der Waals surface area contributed by atoms with Gasteiger partial charge < -0.3 is 19.4 Å². The van der Waals surface area contributed by atoms with Crippen LogP contribution in [0.15, 0.2) is 0 Å². The number of nitrogens with one attached hydrogen (secondary N) is 1. The van der Waals surface area contributed by atoms with Crippen molar-refractivity contribution < 1.29 is 32.3 Å². The molecular weight excluding hydrogens is 388 g/mol. The topological polar surface area (TPSA) is 123 Å². The van der Waals surface area contributed by atoms with Crippen molar-refractivity contribution in [2.45, 2.75) is 40.2 Å². The lowest BCUT2D eigenvalue weighted by Crippen LogP contribution is -2.43. The lowest BCUT2D eigenvalue weighted by molar-refractivity contribution is -0.136. The van der Waals surface area contributed by atoms with Gasteiger partial charge in [0.15, 0.2) is 16.4 Å². The van der Waals surface area contributed by atoms with E-state index in [0.717, 1.165) is 0 Å². The van der Waals surface area contributed by atoms with Crippen LogP contribution < -0.4 is 0 Å². The fourth-order valence-electron chi connectivity index (χ4n) is 3.41. The SMILES string of the molecule is CCOC(=O)c1c(C)[nH]c(C(=O)OCC(=O)N(CC)[C@@H]2CCS(=O)(=O)C2)c1C. The normalized spacial score (nSPS) is 17.9. The summed E-state index contributed by atoms with van der Waals surface area (Å²) in [5.41, 5.74) is 1.22. The monoisotopic (exact) mass is 414 g/mol. The van der Waals surface area contributed by atoms with E-state index < -0.39 is 40.3 Å². The van der Waals surface area contributed by atoms with Crippen LogP contribution in [0.4, 0.5) is 0 Å². The van der Waals surface area contributed by atoms with Gasteiger partial charge in [0.05, 0.1) is 23.7 Å². The third-order valence-electron chi connectivity index (χ3n) is 4.76. The van der Waals surface area contributed by atoms with Crippen LogP contribution in [0, 0.1) is 13.8 Å². The van der Waals surface area contributed by atoms with Crippen molar-refractivity contribution in [1.82, 2.24) is 9.88 Å². The third-order valence-corrected chi connectivity index (χ3v) is 6.51. The fourth-order valence-corrected chi connectivity index (χ4v) is 5.14. The van der Waals surface area contributed by atoms with Crippen LogP contribution in [0.2, 0.25) is 0 Å². The minimum atomic E-state index is -3.13. The van der Waals surface area contributed by atoms with E-state index in [2.05, 4.69) is 4.98 Å². The number of likely N-dealkylation sites (N-methyl/N-ethyl adjacent to an activating group) is 1. The maximum Gasteiger partial charge on any atom is 0.355 e. The molecule has 1 N–H and O–H groups in total. The highest BCUT2D eigenvalue weighted by Crippen LogP contribution is 2.21. The number of aryl methyl sites for hydroxylation is 1. The molecule has 2 rings (SSSR count). The minimum absolute atomic E-state index is 0.0544. The van der Waals surface area contributed by atoms with Crippen LogP contribution in [-0.4, -0.2) is 73.5 Å². The number of esters is 2. The van der Waals surface area contributed by atoms with E-state index in [0.29, 0.717) is 24.2 Å². The standard InChI is InChI=1S/C18H26N2O7S/c1-5-20(13-7-8-28(24,25)10-13)14(21)9-27-18(23)16-11(3)15(12(4)19-16)17(22)26-6-2/h13,19H,5-10H2,1-4H3/t13-/m1/s1. The molecule has 28 heavy (non-hydrogen) atoms. The Morgan fingerprint density at radius 3 is 2.36 bits per heavy atom. The van der Waals surface area contributed by atoms with Crippen molar-refractivity contribution >= 4 is 27.7 Å². The highest BCUT2D eigenvalue weighted by atomic mass is 32.2. The first-order chi connectivity index (χ1) is 13.1. The first-order valence-corrected chi connectivity index (χ1v) is 11.0. The number of hydrogen-bond donors (Lipinski definition) is 1. The van der Waals surface area contributed by atoms with Crippen LogP contribution in [-0.2, 0) is 24.1 Å². The second-order valence-corrected chi connectivity index (χ2v) is 8.89. The average Bonchev–Trinajstić information content (AvgIpc) is 3.12. The lowest BCUT2D eigenvalue weighted by atomic mass is 10.1. The molecule has 1 fully saturated rings. The molecular formula is C18H26N2O7S. The number of hydrogen-bond acceptors (Lipinski definition) is 7. The average molecular weight is 414 g/mol. The highest BCUT2D eigenvalue weighted by Gasteiger charge is 2.34. The number of rotatable bonds is 7. The molecule has 1 amide bonds. The molecule has 1 atom stereocenters. The number of sulfone groups is 1. The second kappa shape index (κ2) is 8.76. The molecule has 10 heteroatoms. The first-order valence-electron chi connectivity index (χ1n) is 9.14. The Kier molecular flexibility index (Phi) is 6.87. The predicted molar refractivity (Wildman–Crippen MR) is 101 cm³/mol. The molecule has 0 unspecified atom stereocenters. The van der Waals surface area contributed by atoms with Gasteiger partial charge in [0, 0.05) is 18.3 Å². The fraction of sp³-hybridized carbons (Fsp3) is 0.611. The van der Waals surface area contributed by atoms with Crippen molar-refractivity contribution in [3.05, 3.63) is 22.5 Å². The van der Waals surface area contributed by atoms with Gasteiger partial charge in [0.1, 0.15) is 5.69 Å². The number of aromatic nitrogens is 1. The second-order valence-electron chi connectivity index (χ2n) is 6.66. The van der Waals surface area contributed by atoms with Gasteiger partial charge >= 0.3 is 11.9 Å². The van der Waals surface area contributed by atoms with Crippen LogP contribution >= 0.6 is 0 Å². The Bertz CT molecular complexity index is 873. The Hall–Kier alpha value is -2.36. The molecule has 1 saturated heterocycles. The molecule has 1 aromatic heterocycles. The van der Waals surface area contributed by atoms with Crippen LogP contribution in [0.3, 0.4) is 0 Å². The predicted octanol–water partition coefficient (Wildman–Crippen LogP) is 1.00. The maximum absolute atomic E-state index is 12.4. The summed E-state index contributed by atoms with van der Waals surface area (Å²) in [6, 6.07) is -0.397.